The van der Waals surface area contributed by atoms with Crippen LogP contribution in [0.4, 0.5) is 0 Å². The quantitative estimate of drug-likeness (QED) is 0.165. The van der Waals surface area contributed by atoms with Crippen LogP contribution in [-0.2, 0) is 6.42 Å². The zero-order valence-electron chi connectivity index (χ0n) is 29.0. The van der Waals surface area contributed by atoms with Crippen LogP contribution in [0.3, 0.4) is 0 Å². The van der Waals surface area contributed by atoms with E-state index < -0.39 is 0 Å². The Kier molecular flexibility index (Phi) is 7.37. The van der Waals surface area contributed by atoms with Crippen molar-refractivity contribution in [3.63, 3.8) is 0 Å². The summed E-state index contributed by atoms with van der Waals surface area (Å²) in [6, 6.07) is 32.5. The molecular formula is C44H40N2O3. The fourth-order valence-electron chi connectivity index (χ4n) is 7.70. The number of aromatic nitrogens is 2. The van der Waals surface area contributed by atoms with Crippen LogP contribution in [0.15, 0.2) is 102 Å². The maximum Gasteiger partial charge on any atom is 0.146 e. The fourth-order valence-corrected chi connectivity index (χ4v) is 7.70. The number of aryl methyl sites for hydroxylation is 3. The highest BCUT2D eigenvalue weighted by atomic mass is 16.5. The van der Waals surface area contributed by atoms with E-state index in [2.05, 4.69) is 128 Å². The Morgan fingerprint density at radius 2 is 1.35 bits per heavy atom. The number of methoxy groups -OCH3 is 2. The van der Waals surface area contributed by atoms with E-state index in [1.165, 1.54) is 21.9 Å². The maximum absolute atomic E-state index is 6.87. The average molecular weight is 645 g/mol. The summed E-state index contributed by atoms with van der Waals surface area (Å²) in [7, 11) is 3.48. The second kappa shape index (κ2) is 11.8. The molecule has 8 rings (SSSR count). The van der Waals surface area contributed by atoms with Gasteiger partial charge in [-0.1, -0.05) is 68.5 Å². The third-order valence-corrected chi connectivity index (χ3v) is 10.1. The molecule has 49 heavy (non-hydrogen) atoms. The van der Waals surface area contributed by atoms with Gasteiger partial charge in [-0.2, -0.15) is 0 Å². The van der Waals surface area contributed by atoms with E-state index in [4.69, 9.17) is 13.9 Å². The zero-order valence-corrected chi connectivity index (χ0v) is 29.0. The van der Waals surface area contributed by atoms with Crippen LogP contribution in [0, 0.1) is 20.8 Å². The summed E-state index contributed by atoms with van der Waals surface area (Å²) >= 11 is 0. The van der Waals surface area contributed by atoms with E-state index in [1.54, 1.807) is 14.2 Å². The second-order valence-electron chi connectivity index (χ2n) is 12.9. The minimum absolute atomic E-state index is 0.755. The zero-order chi connectivity index (χ0) is 34.0. The van der Waals surface area contributed by atoms with Gasteiger partial charge in [0.1, 0.15) is 22.7 Å². The molecule has 0 atom stereocenters. The van der Waals surface area contributed by atoms with Gasteiger partial charge in [0.2, 0.25) is 0 Å². The average Bonchev–Trinajstić information content (AvgIpc) is 3.75. The number of furan rings is 1. The molecule has 5 nitrogen and oxygen atoms in total. The van der Waals surface area contributed by atoms with Crippen molar-refractivity contribution in [2.24, 2.45) is 0 Å². The van der Waals surface area contributed by atoms with Crippen molar-refractivity contribution < 1.29 is 13.9 Å². The lowest BCUT2D eigenvalue weighted by atomic mass is 9.91. The molecule has 8 aromatic rings. The van der Waals surface area contributed by atoms with Crippen molar-refractivity contribution in [3.05, 3.63) is 126 Å². The molecule has 0 bridgehead atoms. The predicted molar refractivity (Wildman–Crippen MR) is 204 cm³/mol. The van der Waals surface area contributed by atoms with Gasteiger partial charge in [0.15, 0.2) is 0 Å². The van der Waals surface area contributed by atoms with Gasteiger partial charge in [0.05, 0.1) is 36.6 Å². The molecular weight excluding hydrogens is 604 g/mol. The van der Waals surface area contributed by atoms with Crippen molar-refractivity contribution in [1.29, 1.82) is 0 Å². The van der Waals surface area contributed by atoms with Gasteiger partial charge in [-0.25, -0.2) is 0 Å². The minimum Gasteiger partial charge on any atom is -0.495 e. The number of benzene rings is 5. The smallest absolute Gasteiger partial charge is 0.146 e. The Balaban J connectivity index is 1.43. The Labute approximate surface area is 286 Å². The van der Waals surface area contributed by atoms with Crippen molar-refractivity contribution >= 4 is 49.8 Å². The first-order valence-electron chi connectivity index (χ1n) is 16.9. The largest absolute Gasteiger partial charge is 0.495 e. The standard InChI is InChI=1S/C44H40N2O3/c1-8-14-29-22-41(47-6)38(45-28(5)27(4)21-30(45)9-2)23-34(29)43-26(3)19-20-33-35-24-39(42(48-7)25-40(35)49-44(33)43)46-36-17-12-10-15-31(36)32-16-11-13-18-37(32)46/h9-13,15-25H,2,8,14H2,1,3-7H3. The molecule has 0 spiro atoms. The van der Waals surface area contributed by atoms with Gasteiger partial charge in [-0.3, -0.25) is 0 Å². The van der Waals surface area contributed by atoms with Crippen molar-refractivity contribution in [3.8, 4) is 34.0 Å². The molecule has 0 aliphatic carbocycles. The number of hydrogen-bond donors (Lipinski definition) is 0. The molecule has 0 radical (unpaired) electrons. The molecule has 0 fully saturated rings. The Bertz CT molecular complexity index is 2540. The molecule has 5 aromatic carbocycles. The second-order valence-corrected chi connectivity index (χ2v) is 12.9. The van der Waals surface area contributed by atoms with E-state index in [-0.39, 0.29) is 0 Å². The normalized spacial score (nSPS) is 11.7. The molecule has 0 unspecified atom stereocenters. The van der Waals surface area contributed by atoms with Crippen LogP contribution in [0.5, 0.6) is 11.5 Å². The monoisotopic (exact) mass is 644 g/mol. The number of hydrogen-bond acceptors (Lipinski definition) is 3. The first-order chi connectivity index (χ1) is 23.9. The molecule has 5 heteroatoms. The number of ether oxygens (including phenoxy) is 2. The third-order valence-electron chi connectivity index (χ3n) is 10.1. The van der Waals surface area contributed by atoms with E-state index in [9.17, 15) is 0 Å². The number of fused-ring (bicyclic) bond motifs is 6. The van der Waals surface area contributed by atoms with Crippen LogP contribution in [0.2, 0.25) is 0 Å². The summed E-state index contributed by atoms with van der Waals surface area (Å²) in [6.07, 6.45) is 3.82. The van der Waals surface area contributed by atoms with Crippen LogP contribution in [-0.4, -0.2) is 23.4 Å². The van der Waals surface area contributed by atoms with Gasteiger partial charge in [0, 0.05) is 44.6 Å². The minimum atomic E-state index is 0.755. The number of para-hydroxylation sites is 2. The highest BCUT2D eigenvalue weighted by molar-refractivity contribution is 6.13. The van der Waals surface area contributed by atoms with Gasteiger partial charge in [-0.05, 0) is 91.9 Å². The lowest BCUT2D eigenvalue weighted by Gasteiger charge is -2.20. The van der Waals surface area contributed by atoms with E-state index in [0.29, 0.717) is 0 Å². The third kappa shape index (κ3) is 4.60. The highest BCUT2D eigenvalue weighted by Crippen LogP contribution is 2.45. The maximum atomic E-state index is 6.87. The first kappa shape index (κ1) is 30.6. The summed E-state index contributed by atoms with van der Waals surface area (Å²) < 4.78 is 23.6. The summed E-state index contributed by atoms with van der Waals surface area (Å²) in [5.74, 6) is 1.59. The Hall–Kier alpha value is -5.68. The fraction of sp³-hybridized carbons (Fsp3) is 0.182. The van der Waals surface area contributed by atoms with Gasteiger partial charge >= 0.3 is 0 Å². The molecule has 0 saturated carbocycles. The van der Waals surface area contributed by atoms with E-state index >= 15 is 0 Å². The lowest BCUT2D eigenvalue weighted by Crippen LogP contribution is -2.05. The SMILES string of the molecule is C=Cc1cc(C)c(C)n1-c1cc(-c2c(C)ccc3c2oc2cc(OC)c(-n4c5ccccc5c5ccccc54)cc23)c(CCC)cc1OC. The predicted octanol–water partition coefficient (Wildman–Crippen LogP) is 11.7. The Morgan fingerprint density at radius 3 is 2.00 bits per heavy atom. The molecule has 3 heterocycles. The lowest BCUT2D eigenvalue weighted by molar-refractivity contribution is 0.412. The van der Waals surface area contributed by atoms with Crippen molar-refractivity contribution in [1.82, 2.24) is 9.13 Å². The number of rotatable bonds is 8. The van der Waals surface area contributed by atoms with Crippen LogP contribution >= 0.6 is 0 Å². The first-order valence-corrected chi connectivity index (χ1v) is 16.9. The Morgan fingerprint density at radius 1 is 0.694 bits per heavy atom. The van der Waals surface area contributed by atoms with Crippen LogP contribution < -0.4 is 9.47 Å². The highest BCUT2D eigenvalue weighted by Gasteiger charge is 2.23. The van der Waals surface area contributed by atoms with Crippen LogP contribution in [0.1, 0.15) is 41.4 Å². The molecule has 0 N–H and O–H groups in total. The van der Waals surface area contributed by atoms with Gasteiger partial charge in [0.25, 0.3) is 0 Å². The van der Waals surface area contributed by atoms with Gasteiger partial charge < -0.3 is 23.0 Å². The summed E-state index contributed by atoms with van der Waals surface area (Å²) in [5.41, 5.74) is 13.9. The van der Waals surface area contributed by atoms with Gasteiger partial charge in [-0.15, -0.1) is 0 Å². The molecule has 0 aliphatic heterocycles. The topological polar surface area (TPSA) is 41.5 Å². The molecule has 0 amide bonds. The molecule has 0 saturated heterocycles. The molecule has 0 aliphatic rings. The summed E-state index contributed by atoms with van der Waals surface area (Å²) in [4.78, 5) is 0. The number of nitrogens with zero attached hydrogens (tertiary/aromatic N) is 2. The molecule has 244 valence electrons. The van der Waals surface area contributed by atoms with Crippen LogP contribution in [0.25, 0.3) is 72.3 Å². The summed E-state index contributed by atoms with van der Waals surface area (Å²) in [6.45, 7) is 12.8. The van der Waals surface area contributed by atoms with E-state index in [1.807, 2.05) is 12.1 Å². The summed E-state index contributed by atoms with van der Waals surface area (Å²) in [5, 5.41) is 4.54. The van der Waals surface area contributed by atoms with E-state index in [0.717, 1.165) is 96.8 Å². The molecule has 3 aromatic heterocycles. The van der Waals surface area contributed by atoms with Crippen molar-refractivity contribution in [2.45, 2.75) is 40.5 Å². The van der Waals surface area contributed by atoms with Crippen molar-refractivity contribution in [2.75, 3.05) is 14.2 Å².